The van der Waals surface area contributed by atoms with Crippen molar-refractivity contribution in [3.05, 3.63) is 54.5 Å². The number of hydrogen-bond acceptors (Lipinski definition) is 6. The van der Waals surface area contributed by atoms with E-state index in [0.29, 0.717) is 25.5 Å². The molecule has 35 heavy (non-hydrogen) atoms. The Morgan fingerprint density at radius 3 is 2.51 bits per heavy atom. The second-order valence-corrected chi connectivity index (χ2v) is 9.80. The molecule has 0 bridgehead atoms. The van der Waals surface area contributed by atoms with Gasteiger partial charge in [0.05, 0.1) is 5.54 Å². The van der Waals surface area contributed by atoms with Gasteiger partial charge in [-0.1, -0.05) is 30.3 Å². The number of urea groups is 1. The van der Waals surface area contributed by atoms with Gasteiger partial charge in [0.1, 0.15) is 18.7 Å². The molecule has 188 valence electrons. The summed E-state index contributed by atoms with van der Waals surface area (Å²) in [6.45, 7) is 1.77. The lowest BCUT2D eigenvalue weighted by molar-refractivity contribution is -0.116. The van der Waals surface area contributed by atoms with E-state index >= 15 is 0 Å². The summed E-state index contributed by atoms with van der Waals surface area (Å²) in [6, 6.07) is 12.2. The highest BCUT2D eigenvalue weighted by atomic mass is 16.5. The van der Waals surface area contributed by atoms with E-state index in [1.54, 1.807) is 24.3 Å². The Kier molecular flexibility index (Phi) is 7.66. The molecule has 2 heterocycles. The van der Waals surface area contributed by atoms with E-state index in [9.17, 15) is 9.59 Å². The van der Waals surface area contributed by atoms with E-state index in [4.69, 9.17) is 4.74 Å². The zero-order valence-electron chi connectivity index (χ0n) is 20.9. The molecule has 1 aliphatic carbocycles. The average Bonchev–Trinajstić information content (AvgIpc) is 3.11. The maximum absolute atomic E-state index is 13.5. The number of nitrogens with one attached hydrogen (secondary N) is 1. The van der Waals surface area contributed by atoms with Crippen molar-refractivity contribution in [3.63, 3.8) is 0 Å². The lowest BCUT2D eigenvalue weighted by Crippen LogP contribution is -2.55. The van der Waals surface area contributed by atoms with Crippen molar-refractivity contribution in [1.29, 1.82) is 0 Å². The van der Waals surface area contributed by atoms with Crippen LogP contribution in [0.1, 0.15) is 37.7 Å². The zero-order chi connectivity index (χ0) is 24.9. The van der Waals surface area contributed by atoms with Gasteiger partial charge in [0, 0.05) is 38.5 Å². The fourth-order valence-corrected chi connectivity index (χ4v) is 5.73. The van der Waals surface area contributed by atoms with Gasteiger partial charge in [-0.2, -0.15) is 0 Å². The van der Waals surface area contributed by atoms with Gasteiger partial charge in [-0.05, 0) is 57.8 Å². The molecular formula is C26H36N6O3. The van der Waals surface area contributed by atoms with E-state index in [2.05, 4.69) is 64.6 Å². The number of methoxy groups -OCH3 is 1. The summed E-state index contributed by atoms with van der Waals surface area (Å²) in [5.74, 6) is 0.174. The molecule has 2 aromatic rings. The molecule has 0 radical (unpaired) electrons. The van der Waals surface area contributed by atoms with Crippen LogP contribution in [-0.2, 0) is 15.1 Å². The molecule has 2 fully saturated rings. The van der Waals surface area contributed by atoms with Crippen molar-refractivity contribution in [2.75, 3.05) is 52.8 Å². The Balaban J connectivity index is 1.52. The van der Waals surface area contributed by atoms with Gasteiger partial charge in [-0.25, -0.2) is 14.8 Å². The predicted octanol–water partition coefficient (Wildman–Crippen LogP) is 2.96. The van der Waals surface area contributed by atoms with Gasteiger partial charge in [-0.15, -0.1) is 0 Å². The number of rotatable bonds is 9. The van der Waals surface area contributed by atoms with Gasteiger partial charge in [0.25, 0.3) is 0 Å². The number of hydrogen-bond donors (Lipinski definition) is 1. The molecule has 1 saturated heterocycles. The molecule has 1 spiro atoms. The second kappa shape index (κ2) is 10.7. The molecule has 2 aliphatic rings. The first kappa shape index (κ1) is 25.1. The molecule has 9 nitrogen and oxygen atoms in total. The number of ether oxygens (including phenoxy) is 1. The number of benzene rings is 1. The third-order valence-electron chi connectivity index (χ3n) is 7.65. The first-order valence-electron chi connectivity index (χ1n) is 12.2. The highest BCUT2D eigenvalue weighted by Crippen LogP contribution is 2.48. The van der Waals surface area contributed by atoms with Crippen molar-refractivity contribution in [2.24, 2.45) is 0 Å². The minimum Gasteiger partial charge on any atom is -0.385 e. The van der Waals surface area contributed by atoms with E-state index in [1.165, 1.54) is 11.9 Å². The molecule has 1 aromatic heterocycles. The summed E-state index contributed by atoms with van der Waals surface area (Å²) >= 11 is 0. The lowest BCUT2D eigenvalue weighted by Gasteiger charge is -2.51. The van der Waals surface area contributed by atoms with Crippen molar-refractivity contribution in [1.82, 2.24) is 24.7 Å². The molecule has 0 atom stereocenters. The Bertz CT molecular complexity index is 993. The topological polar surface area (TPSA) is 90.9 Å². The molecule has 1 aromatic carbocycles. The summed E-state index contributed by atoms with van der Waals surface area (Å²) in [6.07, 6.45) is 7.36. The molecule has 4 rings (SSSR count). The molecule has 3 amide bonds. The van der Waals surface area contributed by atoms with Crippen molar-refractivity contribution < 1.29 is 14.3 Å². The summed E-state index contributed by atoms with van der Waals surface area (Å²) in [4.78, 5) is 40.2. The highest BCUT2D eigenvalue weighted by Gasteiger charge is 2.54. The maximum atomic E-state index is 13.5. The van der Waals surface area contributed by atoms with Gasteiger partial charge in [0.2, 0.25) is 5.91 Å². The number of carbonyl (C=O) groups excluding carboxylic acids is 2. The minimum atomic E-state index is -0.283. The Hall–Kier alpha value is -3.04. The van der Waals surface area contributed by atoms with Gasteiger partial charge in [-0.3, -0.25) is 9.69 Å². The third kappa shape index (κ3) is 5.16. The Labute approximate surface area is 207 Å². The number of anilines is 1. The smallest absolute Gasteiger partial charge is 0.321 e. The van der Waals surface area contributed by atoms with Crippen LogP contribution in [0.25, 0.3) is 0 Å². The van der Waals surface area contributed by atoms with Crippen LogP contribution in [0.2, 0.25) is 0 Å². The summed E-state index contributed by atoms with van der Waals surface area (Å²) < 4.78 is 5.26. The Morgan fingerprint density at radius 2 is 1.89 bits per heavy atom. The van der Waals surface area contributed by atoms with E-state index in [-0.39, 0.29) is 29.6 Å². The summed E-state index contributed by atoms with van der Waals surface area (Å²) in [5, 5.41) is 2.77. The van der Waals surface area contributed by atoms with Crippen LogP contribution in [0.4, 0.5) is 10.6 Å². The predicted molar refractivity (Wildman–Crippen MR) is 134 cm³/mol. The number of aromatic nitrogens is 2. The largest absolute Gasteiger partial charge is 0.385 e. The monoisotopic (exact) mass is 480 g/mol. The summed E-state index contributed by atoms with van der Waals surface area (Å²) in [5.41, 5.74) is 0.969. The zero-order valence-corrected chi connectivity index (χ0v) is 20.9. The first-order chi connectivity index (χ1) is 16.9. The summed E-state index contributed by atoms with van der Waals surface area (Å²) in [7, 11) is 5.97. The third-order valence-corrected chi connectivity index (χ3v) is 7.65. The standard InChI is InChI=1S/C26H36N6O3/c1-30(2)26(21-8-5-4-6-9-21)13-11-25(12-14-26)19-31(24(34)32(25)16-7-17-35-3)18-23(33)29-22-10-15-27-20-28-22/h4-6,8-10,15,20H,7,11-14,16-19H2,1-3H3,(H,27,28,29,33)/t25-,26-. The van der Waals surface area contributed by atoms with E-state index in [0.717, 1.165) is 32.1 Å². The normalized spacial score (nSPS) is 24.4. The number of amides is 3. The van der Waals surface area contributed by atoms with E-state index < -0.39 is 0 Å². The van der Waals surface area contributed by atoms with Gasteiger partial charge >= 0.3 is 6.03 Å². The van der Waals surface area contributed by atoms with Crippen LogP contribution in [0.15, 0.2) is 48.9 Å². The molecular weight excluding hydrogens is 444 g/mol. The van der Waals surface area contributed by atoms with Crippen LogP contribution < -0.4 is 5.32 Å². The molecule has 1 N–H and O–H groups in total. The van der Waals surface area contributed by atoms with Crippen LogP contribution in [0.3, 0.4) is 0 Å². The van der Waals surface area contributed by atoms with Gasteiger partial charge < -0.3 is 19.9 Å². The van der Waals surface area contributed by atoms with Crippen LogP contribution in [0.5, 0.6) is 0 Å². The Morgan fingerprint density at radius 1 is 1.14 bits per heavy atom. The fourth-order valence-electron chi connectivity index (χ4n) is 5.73. The van der Waals surface area contributed by atoms with Crippen molar-refractivity contribution in [2.45, 2.75) is 43.2 Å². The first-order valence-corrected chi connectivity index (χ1v) is 12.2. The molecule has 1 saturated carbocycles. The van der Waals surface area contributed by atoms with Gasteiger partial charge in [0.15, 0.2) is 0 Å². The minimum absolute atomic E-state index is 0.00285. The number of carbonyl (C=O) groups is 2. The molecule has 1 aliphatic heterocycles. The maximum Gasteiger partial charge on any atom is 0.321 e. The molecule has 0 unspecified atom stereocenters. The van der Waals surface area contributed by atoms with Crippen molar-refractivity contribution in [3.8, 4) is 0 Å². The highest BCUT2D eigenvalue weighted by molar-refractivity contribution is 5.94. The van der Waals surface area contributed by atoms with Crippen LogP contribution in [0, 0.1) is 0 Å². The fraction of sp³-hybridized carbons (Fsp3) is 0.538. The number of nitrogens with zero attached hydrogens (tertiary/aromatic N) is 5. The second-order valence-electron chi connectivity index (χ2n) is 9.80. The molecule has 9 heteroatoms. The van der Waals surface area contributed by atoms with Crippen LogP contribution >= 0.6 is 0 Å². The van der Waals surface area contributed by atoms with E-state index in [1.807, 2.05) is 4.90 Å². The quantitative estimate of drug-likeness (QED) is 0.555. The average molecular weight is 481 g/mol. The SMILES string of the molecule is COCCCN1C(=O)N(CC(=O)Nc2ccncn2)C[C@]12CC[C@@](c1ccccc1)(N(C)C)CC2. The van der Waals surface area contributed by atoms with Crippen molar-refractivity contribution >= 4 is 17.8 Å². The van der Waals surface area contributed by atoms with Crippen LogP contribution in [-0.4, -0.2) is 89.6 Å². The lowest BCUT2D eigenvalue weighted by atomic mass is 9.68.